The second-order valence-electron chi connectivity index (χ2n) is 3.09. The Hall–Kier alpha value is -1.90. The van der Waals surface area contributed by atoms with Crippen LogP contribution in [0.5, 0.6) is 0 Å². The van der Waals surface area contributed by atoms with Gasteiger partial charge in [-0.25, -0.2) is 0 Å². The lowest BCUT2D eigenvalue weighted by molar-refractivity contribution is 0.583. The first-order chi connectivity index (χ1) is 6.84. The van der Waals surface area contributed by atoms with Crippen molar-refractivity contribution in [3.8, 4) is 0 Å². The van der Waals surface area contributed by atoms with Crippen molar-refractivity contribution in [2.24, 2.45) is 0 Å². The summed E-state index contributed by atoms with van der Waals surface area (Å²) in [5.74, 6) is 0.700. The minimum absolute atomic E-state index is 0.700. The molecule has 0 saturated carbocycles. The van der Waals surface area contributed by atoms with Gasteiger partial charge in [0.05, 0.1) is 12.0 Å². The summed E-state index contributed by atoms with van der Waals surface area (Å²) in [6.07, 6.45) is 1.62. The van der Waals surface area contributed by atoms with Crippen molar-refractivity contribution < 1.29 is 4.42 Å². The van der Waals surface area contributed by atoms with E-state index in [4.69, 9.17) is 4.42 Å². The summed E-state index contributed by atoms with van der Waals surface area (Å²) in [6.45, 7) is 2.06. The van der Waals surface area contributed by atoms with Crippen LogP contribution in [0.3, 0.4) is 0 Å². The Morgan fingerprint density at radius 1 is 1.00 bits per heavy atom. The summed E-state index contributed by atoms with van der Waals surface area (Å²) in [6, 6.07) is 11.8. The van der Waals surface area contributed by atoms with Crippen LogP contribution in [0.1, 0.15) is 5.56 Å². The zero-order valence-corrected chi connectivity index (χ0v) is 7.95. The van der Waals surface area contributed by atoms with Crippen molar-refractivity contribution >= 4 is 11.6 Å². The Kier molecular flexibility index (Phi) is 2.40. The van der Waals surface area contributed by atoms with Crippen LogP contribution in [-0.2, 0) is 0 Å². The molecule has 3 nitrogen and oxygen atoms in total. The molecule has 1 heterocycles. The molecule has 0 spiro atoms. The molecular formula is C11H12N2O. The van der Waals surface area contributed by atoms with Crippen molar-refractivity contribution in [1.29, 1.82) is 0 Å². The highest BCUT2D eigenvalue weighted by Gasteiger charge is 1.93. The van der Waals surface area contributed by atoms with Crippen LogP contribution in [0.4, 0.5) is 11.6 Å². The van der Waals surface area contributed by atoms with Crippen LogP contribution >= 0.6 is 0 Å². The molecular weight excluding hydrogens is 176 g/mol. The Morgan fingerprint density at radius 3 is 2.43 bits per heavy atom. The van der Waals surface area contributed by atoms with Gasteiger partial charge in [0.2, 0.25) is 5.88 Å². The lowest BCUT2D eigenvalue weighted by atomic mass is 10.2. The van der Waals surface area contributed by atoms with Crippen LogP contribution in [0, 0.1) is 6.92 Å². The van der Waals surface area contributed by atoms with Gasteiger partial charge in [0, 0.05) is 6.07 Å². The van der Waals surface area contributed by atoms with Crippen molar-refractivity contribution in [2.75, 3.05) is 10.9 Å². The van der Waals surface area contributed by atoms with Gasteiger partial charge in [0.1, 0.15) is 0 Å². The highest BCUT2D eigenvalue weighted by atomic mass is 16.3. The number of hydrazine groups is 1. The van der Waals surface area contributed by atoms with Gasteiger partial charge in [0.15, 0.2) is 0 Å². The number of aryl methyl sites for hydroxylation is 1. The molecule has 1 aromatic heterocycles. The number of benzene rings is 1. The van der Waals surface area contributed by atoms with E-state index < -0.39 is 0 Å². The molecule has 0 unspecified atom stereocenters. The van der Waals surface area contributed by atoms with Crippen LogP contribution < -0.4 is 10.9 Å². The summed E-state index contributed by atoms with van der Waals surface area (Å²) < 4.78 is 5.11. The van der Waals surface area contributed by atoms with Gasteiger partial charge in [-0.05, 0) is 25.1 Å². The SMILES string of the molecule is Cc1ccc(NNc2ccco2)cc1. The summed E-state index contributed by atoms with van der Waals surface area (Å²) in [4.78, 5) is 0. The smallest absolute Gasteiger partial charge is 0.210 e. The standard InChI is InChI=1S/C11H12N2O/c1-9-4-6-10(7-5-9)12-13-11-3-2-8-14-11/h2-8,12-13H,1H3. The maximum atomic E-state index is 5.11. The lowest BCUT2D eigenvalue weighted by Gasteiger charge is -2.06. The Balaban J connectivity index is 1.95. The predicted octanol–water partition coefficient (Wildman–Crippen LogP) is 3.03. The Morgan fingerprint density at radius 2 is 1.79 bits per heavy atom. The van der Waals surface area contributed by atoms with E-state index in [9.17, 15) is 0 Å². The molecule has 0 aliphatic rings. The number of hydrogen-bond acceptors (Lipinski definition) is 3. The third-order valence-corrected chi connectivity index (χ3v) is 1.90. The van der Waals surface area contributed by atoms with E-state index >= 15 is 0 Å². The Labute approximate surface area is 82.7 Å². The van der Waals surface area contributed by atoms with Crippen LogP contribution in [0.15, 0.2) is 47.1 Å². The van der Waals surface area contributed by atoms with Gasteiger partial charge in [-0.3, -0.25) is 10.9 Å². The molecule has 0 aliphatic carbocycles. The summed E-state index contributed by atoms with van der Waals surface area (Å²) >= 11 is 0. The van der Waals surface area contributed by atoms with Crippen molar-refractivity contribution in [3.05, 3.63) is 48.2 Å². The number of furan rings is 1. The fourth-order valence-electron chi connectivity index (χ4n) is 1.12. The maximum absolute atomic E-state index is 5.11. The molecule has 0 atom stereocenters. The van der Waals surface area contributed by atoms with E-state index in [2.05, 4.69) is 17.8 Å². The van der Waals surface area contributed by atoms with Gasteiger partial charge in [0.25, 0.3) is 0 Å². The first kappa shape index (κ1) is 8.69. The molecule has 0 amide bonds. The van der Waals surface area contributed by atoms with E-state index in [1.54, 1.807) is 6.26 Å². The molecule has 72 valence electrons. The largest absolute Gasteiger partial charge is 0.447 e. The molecule has 2 aromatic rings. The maximum Gasteiger partial charge on any atom is 0.210 e. The summed E-state index contributed by atoms with van der Waals surface area (Å²) in [5.41, 5.74) is 8.22. The number of rotatable bonds is 3. The van der Waals surface area contributed by atoms with Crippen LogP contribution in [0.25, 0.3) is 0 Å². The highest BCUT2D eigenvalue weighted by Crippen LogP contribution is 2.11. The quantitative estimate of drug-likeness (QED) is 0.727. The zero-order valence-electron chi connectivity index (χ0n) is 7.95. The number of anilines is 2. The van der Waals surface area contributed by atoms with E-state index in [0.29, 0.717) is 5.88 Å². The second-order valence-corrected chi connectivity index (χ2v) is 3.09. The molecule has 0 fully saturated rings. The average molecular weight is 188 g/mol. The van der Waals surface area contributed by atoms with Gasteiger partial charge in [-0.2, -0.15) is 0 Å². The van der Waals surface area contributed by atoms with Crippen molar-refractivity contribution in [2.45, 2.75) is 6.92 Å². The lowest BCUT2D eigenvalue weighted by Crippen LogP contribution is -2.07. The first-order valence-corrected chi connectivity index (χ1v) is 4.47. The average Bonchev–Trinajstić information content (AvgIpc) is 2.70. The van der Waals surface area contributed by atoms with Crippen LogP contribution in [0.2, 0.25) is 0 Å². The topological polar surface area (TPSA) is 37.2 Å². The zero-order chi connectivity index (χ0) is 9.80. The van der Waals surface area contributed by atoms with Gasteiger partial charge >= 0.3 is 0 Å². The fourth-order valence-corrected chi connectivity index (χ4v) is 1.12. The second kappa shape index (κ2) is 3.87. The molecule has 0 saturated heterocycles. The fraction of sp³-hybridized carbons (Fsp3) is 0.0909. The summed E-state index contributed by atoms with van der Waals surface area (Å²) in [5, 5.41) is 0. The normalized spacial score (nSPS) is 9.79. The molecule has 0 bridgehead atoms. The first-order valence-electron chi connectivity index (χ1n) is 4.47. The molecule has 1 aromatic carbocycles. The number of nitrogens with one attached hydrogen (secondary N) is 2. The third-order valence-electron chi connectivity index (χ3n) is 1.90. The summed E-state index contributed by atoms with van der Waals surface area (Å²) in [7, 11) is 0. The monoisotopic (exact) mass is 188 g/mol. The van der Waals surface area contributed by atoms with E-state index in [-0.39, 0.29) is 0 Å². The van der Waals surface area contributed by atoms with Gasteiger partial charge in [-0.1, -0.05) is 17.7 Å². The van der Waals surface area contributed by atoms with E-state index in [1.807, 2.05) is 36.4 Å². The molecule has 0 radical (unpaired) electrons. The van der Waals surface area contributed by atoms with Gasteiger partial charge in [-0.15, -0.1) is 0 Å². The number of hydrogen-bond donors (Lipinski definition) is 2. The Bertz CT molecular complexity index is 378. The molecule has 0 aliphatic heterocycles. The van der Waals surface area contributed by atoms with E-state index in [1.165, 1.54) is 5.56 Å². The minimum atomic E-state index is 0.700. The minimum Gasteiger partial charge on any atom is -0.447 e. The van der Waals surface area contributed by atoms with Gasteiger partial charge < -0.3 is 4.42 Å². The molecule has 3 heteroatoms. The van der Waals surface area contributed by atoms with Crippen molar-refractivity contribution in [3.63, 3.8) is 0 Å². The van der Waals surface area contributed by atoms with E-state index in [0.717, 1.165) is 5.69 Å². The highest BCUT2D eigenvalue weighted by molar-refractivity contribution is 5.48. The predicted molar refractivity (Wildman–Crippen MR) is 57.1 cm³/mol. The molecule has 2 rings (SSSR count). The van der Waals surface area contributed by atoms with Crippen molar-refractivity contribution in [1.82, 2.24) is 0 Å². The third kappa shape index (κ3) is 2.07. The van der Waals surface area contributed by atoms with Crippen LogP contribution in [-0.4, -0.2) is 0 Å². The molecule has 2 N–H and O–H groups in total. The molecule has 14 heavy (non-hydrogen) atoms.